The number of nitrogens with two attached hydrogens (primary N) is 1. The smallest absolute Gasteiger partial charge is 0.127 e. The molecule has 0 saturated heterocycles. The summed E-state index contributed by atoms with van der Waals surface area (Å²) in [6, 6.07) is 10.2. The third-order valence-electron chi connectivity index (χ3n) is 3.74. The Balaban J connectivity index is 1.79. The number of hydrogen-bond acceptors (Lipinski definition) is 3. The molecule has 0 amide bonds. The predicted molar refractivity (Wildman–Crippen MR) is 76.7 cm³/mol. The maximum atomic E-state index is 13.3. The largest absolute Gasteiger partial charge is 0.508 e. The van der Waals surface area contributed by atoms with Crippen LogP contribution in [0.3, 0.4) is 0 Å². The number of nitrogen functional groups attached to an aromatic ring is 1. The molecule has 0 aromatic heterocycles. The number of hydrogen-bond donors (Lipinski definition) is 2. The Hall–Kier alpha value is -2.07. The van der Waals surface area contributed by atoms with Crippen LogP contribution in [0.25, 0.3) is 0 Å². The van der Waals surface area contributed by atoms with Gasteiger partial charge in [-0.05, 0) is 41.3 Å². The van der Waals surface area contributed by atoms with Crippen LogP contribution in [-0.2, 0) is 19.5 Å². The molecule has 1 aliphatic heterocycles. The molecule has 3 nitrogen and oxygen atoms in total. The van der Waals surface area contributed by atoms with Gasteiger partial charge in [0.05, 0.1) is 0 Å². The van der Waals surface area contributed by atoms with Crippen LogP contribution in [0.1, 0.15) is 16.7 Å². The van der Waals surface area contributed by atoms with Gasteiger partial charge >= 0.3 is 0 Å². The van der Waals surface area contributed by atoms with Crippen molar-refractivity contribution >= 4 is 5.69 Å². The fraction of sp³-hybridized carbons (Fsp3) is 0.250. The van der Waals surface area contributed by atoms with E-state index < -0.39 is 5.82 Å². The lowest BCUT2D eigenvalue weighted by atomic mass is 9.98. The van der Waals surface area contributed by atoms with Crippen LogP contribution in [0.4, 0.5) is 10.1 Å². The molecule has 0 saturated carbocycles. The Bertz CT molecular complexity index is 622. The van der Waals surface area contributed by atoms with E-state index in [1.807, 2.05) is 12.1 Å². The normalized spacial score (nSPS) is 15.1. The van der Waals surface area contributed by atoms with E-state index in [0.717, 1.165) is 36.8 Å². The van der Waals surface area contributed by atoms with Crippen molar-refractivity contribution in [2.75, 3.05) is 12.3 Å². The molecule has 0 atom stereocenters. The minimum Gasteiger partial charge on any atom is -0.508 e. The van der Waals surface area contributed by atoms with E-state index >= 15 is 0 Å². The Morgan fingerprint density at radius 3 is 2.90 bits per heavy atom. The number of phenolic OH excluding ortho intramolecular Hbond substituents is 1. The van der Waals surface area contributed by atoms with Gasteiger partial charge in [-0.25, -0.2) is 4.39 Å². The van der Waals surface area contributed by atoms with E-state index in [-0.39, 0.29) is 5.75 Å². The highest BCUT2D eigenvalue weighted by Gasteiger charge is 2.18. The fourth-order valence-electron chi connectivity index (χ4n) is 2.78. The molecule has 3 N–H and O–H groups in total. The third kappa shape index (κ3) is 2.60. The van der Waals surface area contributed by atoms with Crippen molar-refractivity contribution in [2.45, 2.75) is 19.5 Å². The van der Waals surface area contributed by atoms with E-state index in [1.165, 1.54) is 17.2 Å². The lowest BCUT2D eigenvalue weighted by molar-refractivity contribution is 0.245. The Kier molecular flexibility index (Phi) is 3.32. The average molecular weight is 272 g/mol. The molecule has 0 aliphatic carbocycles. The number of rotatable bonds is 2. The first-order valence-electron chi connectivity index (χ1n) is 6.69. The maximum absolute atomic E-state index is 13.3. The van der Waals surface area contributed by atoms with Crippen molar-refractivity contribution in [3.05, 3.63) is 58.9 Å². The number of phenols is 1. The summed E-state index contributed by atoms with van der Waals surface area (Å²) in [5.41, 5.74) is 10.1. The van der Waals surface area contributed by atoms with E-state index in [4.69, 9.17) is 5.73 Å². The maximum Gasteiger partial charge on any atom is 0.127 e. The molecule has 2 aromatic carbocycles. The monoisotopic (exact) mass is 272 g/mol. The number of halogens is 1. The van der Waals surface area contributed by atoms with Gasteiger partial charge in [0.1, 0.15) is 11.6 Å². The summed E-state index contributed by atoms with van der Waals surface area (Å²) in [6.07, 6.45) is 0.946. The highest BCUT2D eigenvalue weighted by molar-refractivity contribution is 5.51. The molecular weight excluding hydrogens is 255 g/mol. The molecule has 0 bridgehead atoms. The fourth-order valence-corrected chi connectivity index (χ4v) is 2.78. The van der Waals surface area contributed by atoms with Gasteiger partial charge in [-0.2, -0.15) is 0 Å². The van der Waals surface area contributed by atoms with Crippen LogP contribution in [0.2, 0.25) is 0 Å². The first-order valence-corrected chi connectivity index (χ1v) is 6.69. The molecule has 3 rings (SSSR count). The lowest BCUT2D eigenvalue weighted by Crippen LogP contribution is -2.30. The number of nitrogens with zero attached hydrogens (tertiary/aromatic N) is 1. The molecule has 2 aromatic rings. The van der Waals surface area contributed by atoms with Crippen molar-refractivity contribution in [3.8, 4) is 5.75 Å². The van der Waals surface area contributed by atoms with Crippen molar-refractivity contribution in [3.63, 3.8) is 0 Å². The quantitative estimate of drug-likeness (QED) is 0.826. The van der Waals surface area contributed by atoms with Crippen LogP contribution in [-0.4, -0.2) is 16.6 Å². The first kappa shape index (κ1) is 12.9. The zero-order valence-corrected chi connectivity index (χ0v) is 11.1. The minimum atomic E-state index is -0.406. The number of fused-ring (bicyclic) bond motifs is 1. The highest BCUT2D eigenvalue weighted by Crippen LogP contribution is 2.26. The molecule has 0 unspecified atom stereocenters. The van der Waals surface area contributed by atoms with Crippen LogP contribution >= 0.6 is 0 Å². The Morgan fingerprint density at radius 2 is 2.10 bits per heavy atom. The molecule has 1 aliphatic rings. The van der Waals surface area contributed by atoms with Gasteiger partial charge in [0.2, 0.25) is 0 Å². The van der Waals surface area contributed by atoms with E-state index in [0.29, 0.717) is 6.54 Å². The van der Waals surface area contributed by atoms with Gasteiger partial charge in [0.25, 0.3) is 0 Å². The van der Waals surface area contributed by atoms with Crippen molar-refractivity contribution in [1.82, 2.24) is 4.90 Å². The van der Waals surface area contributed by atoms with E-state index in [9.17, 15) is 9.50 Å². The molecule has 0 radical (unpaired) electrons. The Labute approximate surface area is 117 Å². The minimum absolute atomic E-state index is 0.0306. The lowest BCUT2D eigenvalue weighted by Gasteiger charge is -2.29. The second kappa shape index (κ2) is 5.13. The summed E-state index contributed by atoms with van der Waals surface area (Å²) in [4.78, 5) is 2.22. The van der Waals surface area contributed by atoms with Gasteiger partial charge in [-0.1, -0.05) is 12.1 Å². The van der Waals surface area contributed by atoms with Gasteiger partial charge in [-0.3, -0.25) is 4.90 Å². The SMILES string of the molecule is Nc1cccc2c1CN(Cc1cc(O)cc(F)c1)CC2. The first-order chi connectivity index (χ1) is 9.61. The topological polar surface area (TPSA) is 49.5 Å². The molecule has 1 heterocycles. The standard InChI is InChI=1S/C16H17FN2O/c17-13-6-11(7-14(20)8-13)9-19-5-4-12-2-1-3-16(18)15(12)10-19/h1-3,6-8,20H,4-5,9-10,18H2. The van der Waals surface area contributed by atoms with Gasteiger partial charge in [0.15, 0.2) is 0 Å². The van der Waals surface area contributed by atoms with Crippen LogP contribution in [0.5, 0.6) is 5.75 Å². The zero-order valence-electron chi connectivity index (χ0n) is 11.1. The second-order valence-electron chi connectivity index (χ2n) is 5.26. The van der Waals surface area contributed by atoms with Gasteiger partial charge in [-0.15, -0.1) is 0 Å². The molecule has 0 fully saturated rings. The number of benzene rings is 2. The molecule has 104 valence electrons. The summed E-state index contributed by atoms with van der Waals surface area (Å²) >= 11 is 0. The zero-order chi connectivity index (χ0) is 14.1. The van der Waals surface area contributed by atoms with Gasteiger partial charge < -0.3 is 10.8 Å². The van der Waals surface area contributed by atoms with E-state index in [2.05, 4.69) is 11.0 Å². The second-order valence-corrected chi connectivity index (χ2v) is 5.26. The van der Waals surface area contributed by atoms with Crippen molar-refractivity contribution in [2.24, 2.45) is 0 Å². The van der Waals surface area contributed by atoms with Crippen LogP contribution < -0.4 is 5.73 Å². The average Bonchev–Trinajstić information content (AvgIpc) is 2.38. The highest BCUT2D eigenvalue weighted by atomic mass is 19.1. The molecular formula is C16H17FN2O. The Morgan fingerprint density at radius 1 is 1.25 bits per heavy atom. The summed E-state index contributed by atoms with van der Waals surface area (Å²) in [5.74, 6) is -0.436. The summed E-state index contributed by atoms with van der Waals surface area (Å²) < 4.78 is 13.3. The molecule has 20 heavy (non-hydrogen) atoms. The van der Waals surface area contributed by atoms with Crippen molar-refractivity contribution in [1.29, 1.82) is 0 Å². The van der Waals surface area contributed by atoms with Crippen LogP contribution in [0, 0.1) is 5.82 Å². The number of aromatic hydroxyl groups is 1. The third-order valence-corrected chi connectivity index (χ3v) is 3.74. The molecule has 0 spiro atoms. The summed E-state index contributed by atoms with van der Waals surface area (Å²) in [5, 5.41) is 9.45. The van der Waals surface area contributed by atoms with Crippen LogP contribution in [0.15, 0.2) is 36.4 Å². The number of anilines is 1. The predicted octanol–water partition coefficient (Wildman–Crippen LogP) is 2.67. The van der Waals surface area contributed by atoms with Gasteiger partial charge in [0, 0.05) is 31.4 Å². The summed E-state index contributed by atoms with van der Waals surface area (Å²) in [7, 11) is 0. The van der Waals surface area contributed by atoms with E-state index in [1.54, 1.807) is 6.07 Å². The summed E-state index contributed by atoms with van der Waals surface area (Å²) in [6.45, 7) is 2.28. The molecule has 4 heteroatoms. The van der Waals surface area contributed by atoms with Crippen molar-refractivity contribution < 1.29 is 9.50 Å².